The number of ether oxygens (including phenoxy) is 1. The van der Waals surface area contributed by atoms with E-state index >= 15 is 0 Å². The van der Waals surface area contributed by atoms with Crippen molar-refractivity contribution in [1.29, 1.82) is 0 Å². The van der Waals surface area contributed by atoms with Gasteiger partial charge in [0, 0.05) is 33.3 Å². The van der Waals surface area contributed by atoms with Gasteiger partial charge in [0.15, 0.2) is 0 Å². The van der Waals surface area contributed by atoms with E-state index in [0.717, 1.165) is 22.1 Å². The molecule has 32 heavy (non-hydrogen) atoms. The van der Waals surface area contributed by atoms with E-state index in [2.05, 4.69) is 31.1 Å². The van der Waals surface area contributed by atoms with Crippen molar-refractivity contribution in [1.82, 2.24) is 10.2 Å². The lowest BCUT2D eigenvalue weighted by Gasteiger charge is -2.16. The van der Waals surface area contributed by atoms with Crippen LogP contribution in [0.3, 0.4) is 0 Å². The number of amidine groups is 1. The standard InChI is InChI=1S/C24H36N5O2P/c1-16(14-29(6)15-26-5)8-9-20(13-18(3)31-7)24(30)27-19(4)23(25)28-22-11-10-21(32)12-17(22)2/h8-13,15,18-19H,1,14,32H2,2-7H3,(H2,25,28)(H,27,30)/b9-8-,20-13+,26-15?/t18?,19-/m0/s1. The molecule has 1 aromatic rings. The van der Waals surface area contributed by atoms with Gasteiger partial charge in [-0.1, -0.05) is 18.7 Å². The van der Waals surface area contributed by atoms with E-state index in [0.29, 0.717) is 18.0 Å². The smallest absolute Gasteiger partial charge is 0.251 e. The molecule has 0 aliphatic heterocycles. The van der Waals surface area contributed by atoms with Crippen LogP contribution in [0.2, 0.25) is 0 Å². The summed E-state index contributed by atoms with van der Waals surface area (Å²) in [6.45, 7) is 10.3. The van der Waals surface area contributed by atoms with Crippen molar-refractivity contribution in [2.24, 2.45) is 15.7 Å². The molecule has 1 amide bonds. The highest BCUT2D eigenvalue weighted by molar-refractivity contribution is 7.27. The maximum atomic E-state index is 13.0. The molecule has 3 N–H and O–H groups in total. The highest BCUT2D eigenvalue weighted by Crippen LogP contribution is 2.17. The van der Waals surface area contributed by atoms with Gasteiger partial charge in [0.25, 0.3) is 5.91 Å². The minimum atomic E-state index is -0.456. The van der Waals surface area contributed by atoms with Crippen molar-refractivity contribution in [3.05, 3.63) is 59.7 Å². The monoisotopic (exact) mass is 457 g/mol. The van der Waals surface area contributed by atoms with Crippen LogP contribution in [0.5, 0.6) is 0 Å². The molecule has 0 aromatic heterocycles. The van der Waals surface area contributed by atoms with Crippen molar-refractivity contribution < 1.29 is 9.53 Å². The van der Waals surface area contributed by atoms with Crippen LogP contribution in [0, 0.1) is 6.92 Å². The van der Waals surface area contributed by atoms with Gasteiger partial charge in [0.2, 0.25) is 0 Å². The van der Waals surface area contributed by atoms with Crippen molar-refractivity contribution >= 4 is 38.3 Å². The second-order valence-corrected chi connectivity index (χ2v) is 8.29. The number of nitrogens with one attached hydrogen (secondary N) is 1. The molecule has 1 aromatic carbocycles. The van der Waals surface area contributed by atoms with E-state index in [1.165, 1.54) is 0 Å². The summed E-state index contributed by atoms with van der Waals surface area (Å²) in [5.41, 5.74) is 9.24. The molecule has 0 saturated heterocycles. The van der Waals surface area contributed by atoms with Gasteiger partial charge in [-0.2, -0.15) is 0 Å². The first-order valence-corrected chi connectivity index (χ1v) is 10.9. The van der Waals surface area contributed by atoms with Gasteiger partial charge in [-0.25, -0.2) is 4.99 Å². The molecule has 1 rings (SSSR count). The summed E-state index contributed by atoms with van der Waals surface area (Å²) in [5.74, 6) is 0.0510. The number of carbonyl (C=O) groups excluding carboxylic acids is 1. The highest BCUT2D eigenvalue weighted by Gasteiger charge is 2.15. The minimum absolute atomic E-state index is 0.238. The Morgan fingerprint density at radius 2 is 2.06 bits per heavy atom. The third kappa shape index (κ3) is 9.58. The Labute approximate surface area is 194 Å². The first-order chi connectivity index (χ1) is 15.1. The first kappa shape index (κ1) is 27.3. The number of nitrogens with two attached hydrogens (primary N) is 1. The molecule has 2 unspecified atom stereocenters. The number of methoxy groups -OCH3 is 1. The average Bonchev–Trinajstić information content (AvgIpc) is 2.72. The third-order valence-electron chi connectivity index (χ3n) is 4.57. The van der Waals surface area contributed by atoms with Crippen LogP contribution in [0.1, 0.15) is 19.4 Å². The quantitative estimate of drug-likeness (QED) is 0.176. The van der Waals surface area contributed by atoms with Crippen LogP contribution < -0.4 is 16.4 Å². The normalized spacial score (nSPS) is 14.6. The van der Waals surface area contributed by atoms with E-state index in [-0.39, 0.29) is 12.0 Å². The van der Waals surface area contributed by atoms with Gasteiger partial charge >= 0.3 is 0 Å². The predicted molar refractivity (Wildman–Crippen MR) is 139 cm³/mol. The molecular formula is C24H36N5O2P. The fraction of sp³-hybridized carbons (Fsp3) is 0.375. The summed E-state index contributed by atoms with van der Waals surface area (Å²) >= 11 is 0. The number of hydrogen-bond acceptors (Lipinski definition) is 4. The molecule has 0 bridgehead atoms. The van der Waals surface area contributed by atoms with Gasteiger partial charge in [0.1, 0.15) is 5.84 Å². The minimum Gasteiger partial charge on any atom is -0.385 e. The number of likely N-dealkylation sites (N-methyl/N-ethyl adjacent to an activating group) is 1. The van der Waals surface area contributed by atoms with Crippen LogP contribution in [0.15, 0.2) is 64.1 Å². The molecule has 0 saturated carbocycles. The Balaban J connectivity index is 2.97. The van der Waals surface area contributed by atoms with E-state index in [9.17, 15) is 4.79 Å². The SMILES string of the molecule is C=C(/C=C\C(=C/C(C)OC)C(=O)N[C@@H](C)C(N)=Nc1ccc(P)cc1C)CN(C)C=NC. The molecule has 0 fully saturated rings. The first-order valence-electron chi connectivity index (χ1n) is 10.3. The van der Waals surface area contributed by atoms with E-state index < -0.39 is 6.04 Å². The van der Waals surface area contributed by atoms with Gasteiger partial charge in [-0.15, -0.1) is 9.24 Å². The maximum Gasteiger partial charge on any atom is 0.251 e. The Morgan fingerprint density at radius 3 is 2.66 bits per heavy atom. The molecule has 0 spiro atoms. The largest absolute Gasteiger partial charge is 0.385 e. The number of aliphatic imine (C=N–C) groups is 2. The van der Waals surface area contributed by atoms with Gasteiger partial charge in [0.05, 0.1) is 24.2 Å². The molecule has 7 nitrogen and oxygen atoms in total. The van der Waals surface area contributed by atoms with E-state index in [4.69, 9.17) is 10.5 Å². The molecule has 3 atom stereocenters. The van der Waals surface area contributed by atoms with Gasteiger partial charge < -0.3 is 20.7 Å². The highest BCUT2D eigenvalue weighted by atomic mass is 31.0. The zero-order valence-electron chi connectivity index (χ0n) is 19.9. The Hall–Kier alpha value is -2.76. The number of hydrogen-bond donors (Lipinski definition) is 2. The van der Waals surface area contributed by atoms with E-state index in [1.807, 2.05) is 50.1 Å². The molecule has 174 valence electrons. The second-order valence-electron chi connectivity index (χ2n) is 7.62. The van der Waals surface area contributed by atoms with Gasteiger partial charge in [-0.3, -0.25) is 9.79 Å². The summed E-state index contributed by atoms with van der Waals surface area (Å²) < 4.78 is 5.30. The zero-order valence-corrected chi connectivity index (χ0v) is 21.1. The number of aryl methyl sites for hydroxylation is 1. The van der Waals surface area contributed by atoms with Crippen molar-refractivity contribution in [2.75, 3.05) is 27.7 Å². The Morgan fingerprint density at radius 1 is 1.38 bits per heavy atom. The third-order valence-corrected chi connectivity index (χ3v) is 4.93. The summed E-state index contributed by atoms with van der Waals surface area (Å²) in [7, 11) is 7.86. The van der Waals surface area contributed by atoms with Gasteiger partial charge in [-0.05, 0) is 61.5 Å². The second kappa shape index (κ2) is 13.6. The molecule has 0 heterocycles. The molecule has 0 aliphatic rings. The summed E-state index contributed by atoms with van der Waals surface area (Å²) in [4.78, 5) is 23.3. The lowest BCUT2D eigenvalue weighted by Crippen LogP contribution is -2.42. The van der Waals surface area contributed by atoms with Crippen molar-refractivity contribution in [3.63, 3.8) is 0 Å². The average molecular weight is 458 g/mol. The van der Waals surface area contributed by atoms with E-state index in [1.54, 1.807) is 39.6 Å². The maximum absolute atomic E-state index is 13.0. The topological polar surface area (TPSA) is 92.3 Å². The molecular weight excluding hydrogens is 421 g/mol. The number of benzene rings is 1. The number of rotatable bonds is 11. The molecule has 8 heteroatoms. The lowest BCUT2D eigenvalue weighted by atomic mass is 10.1. The molecule has 0 aliphatic carbocycles. The zero-order chi connectivity index (χ0) is 24.3. The fourth-order valence-corrected chi connectivity index (χ4v) is 3.09. The summed E-state index contributed by atoms with van der Waals surface area (Å²) in [5, 5.41) is 3.98. The number of carbonyl (C=O) groups is 1. The predicted octanol–water partition coefficient (Wildman–Crippen LogP) is 2.65. The summed E-state index contributed by atoms with van der Waals surface area (Å²) in [6, 6.07) is 5.40. The van der Waals surface area contributed by atoms with Crippen LogP contribution in [0.4, 0.5) is 5.69 Å². The summed E-state index contributed by atoms with van der Waals surface area (Å²) in [6.07, 6.45) is 6.76. The number of amides is 1. The van der Waals surface area contributed by atoms with Crippen LogP contribution >= 0.6 is 9.24 Å². The fourth-order valence-electron chi connectivity index (χ4n) is 2.74. The number of nitrogens with zero attached hydrogens (tertiary/aromatic N) is 3. The Bertz CT molecular complexity index is 921. The van der Waals surface area contributed by atoms with Crippen molar-refractivity contribution in [3.8, 4) is 0 Å². The van der Waals surface area contributed by atoms with Crippen LogP contribution in [0.25, 0.3) is 0 Å². The Kier molecular flexibility index (Phi) is 11.6. The lowest BCUT2D eigenvalue weighted by molar-refractivity contribution is -0.117. The van der Waals surface area contributed by atoms with Crippen LogP contribution in [-0.2, 0) is 9.53 Å². The van der Waals surface area contributed by atoms with Crippen LogP contribution in [-0.4, -0.2) is 62.9 Å². The van der Waals surface area contributed by atoms with Crippen molar-refractivity contribution in [2.45, 2.75) is 32.9 Å². The molecule has 0 radical (unpaired) electrons.